The zero-order valence-corrected chi connectivity index (χ0v) is 11.8. The molecule has 92 valence electrons. The summed E-state index contributed by atoms with van der Waals surface area (Å²) in [5.74, 6) is 3.14. The SMILES string of the molecule is CCC(C)CNC(C)C(C)C(C)C(C)C. The van der Waals surface area contributed by atoms with E-state index in [2.05, 4.69) is 53.8 Å². The van der Waals surface area contributed by atoms with E-state index in [0.717, 1.165) is 30.2 Å². The Morgan fingerprint density at radius 1 is 0.867 bits per heavy atom. The van der Waals surface area contributed by atoms with Gasteiger partial charge in [-0.3, -0.25) is 0 Å². The molecule has 0 saturated carbocycles. The quantitative estimate of drug-likeness (QED) is 0.675. The first-order valence-corrected chi connectivity index (χ1v) is 6.63. The van der Waals surface area contributed by atoms with Gasteiger partial charge in [-0.2, -0.15) is 0 Å². The molecule has 0 aliphatic heterocycles. The minimum atomic E-state index is 0.636. The second-order valence-electron chi connectivity index (χ2n) is 5.67. The van der Waals surface area contributed by atoms with E-state index in [1.165, 1.54) is 6.42 Å². The number of nitrogens with one attached hydrogen (secondary N) is 1. The molecule has 0 fully saturated rings. The highest BCUT2D eigenvalue weighted by Gasteiger charge is 2.21. The second-order valence-corrected chi connectivity index (χ2v) is 5.67. The van der Waals surface area contributed by atoms with E-state index in [-0.39, 0.29) is 0 Å². The van der Waals surface area contributed by atoms with Crippen LogP contribution >= 0.6 is 0 Å². The molecule has 4 atom stereocenters. The molecule has 1 nitrogen and oxygen atoms in total. The van der Waals surface area contributed by atoms with Crippen LogP contribution in [0.15, 0.2) is 0 Å². The molecule has 0 amide bonds. The summed E-state index contributed by atoms with van der Waals surface area (Å²) in [7, 11) is 0. The third-order valence-electron chi connectivity index (χ3n) is 4.15. The first-order chi connectivity index (χ1) is 6.90. The molecule has 0 aliphatic rings. The number of hydrogen-bond donors (Lipinski definition) is 1. The topological polar surface area (TPSA) is 12.0 Å². The molecule has 0 aliphatic carbocycles. The Balaban J connectivity index is 3.93. The van der Waals surface area contributed by atoms with Crippen molar-refractivity contribution in [2.45, 2.75) is 60.9 Å². The van der Waals surface area contributed by atoms with Gasteiger partial charge in [0.2, 0.25) is 0 Å². The van der Waals surface area contributed by atoms with Crippen molar-refractivity contribution in [1.29, 1.82) is 0 Å². The maximum atomic E-state index is 3.67. The Morgan fingerprint density at radius 3 is 1.80 bits per heavy atom. The van der Waals surface area contributed by atoms with Gasteiger partial charge in [0.15, 0.2) is 0 Å². The molecule has 0 radical (unpaired) electrons. The molecule has 0 aromatic heterocycles. The molecular weight excluding hydrogens is 182 g/mol. The minimum absolute atomic E-state index is 0.636. The fourth-order valence-corrected chi connectivity index (χ4v) is 1.78. The smallest absolute Gasteiger partial charge is 0.00671 e. The maximum absolute atomic E-state index is 3.67. The molecule has 0 saturated heterocycles. The lowest BCUT2D eigenvalue weighted by Gasteiger charge is -2.30. The summed E-state index contributed by atoms with van der Waals surface area (Å²) < 4.78 is 0. The van der Waals surface area contributed by atoms with E-state index < -0.39 is 0 Å². The highest BCUT2D eigenvalue weighted by molar-refractivity contribution is 4.75. The van der Waals surface area contributed by atoms with E-state index in [4.69, 9.17) is 0 Å². The van der Waals surface area contributed by atoms with Gasteiger partial charge < -0.3 is 5.32 Å². The zero-order valence-electron chi connectivity index (χ0n) is 11.8. The Morgan fingerprint density at radius 2 is 1.40 bits per heavy atom. The van der Waals surface area contributed by atoms with Crippen molar-refractivity contribution in [1.82, 2.24) is 5.32 Å². The first-order valence-electron chi connectivity index (χ1n) is 6.63. The van der Waals surface area contributed by atoms with E-state index in [1.807, 2.05) is 0 Å². The van der Waals surface area contributed by atoms with Crippen molar-refractivity contribution in [3.05, 3.63) is 0 Å². The Bertz CT molecular complexity index is 153. The lowest BCUT2D eigenvalue weighted by Crippen LogP contribution is -2.38. The molecule has 0 bridgehead atoms. The van der Waals surface area contributed by atoms with Gasteiger partial charge in [0.25, 0.3) is 0 Å². The van der Waals surface area contributed by atoms with Gasteiger partial charge in [0.05, 0.1) is 0 Å². The van der Waals surface area contributed by atoms with Crippen molar-refractivity contribution < 1.29 is 0 Å². The average molecular weight is 213 g/mol. The van der Waals surface area contributed by atoms with Crippen LogP contribution in [0, 0.1) is 23.7 Å². The van der Waals surface area contributed by atoms with Crippen LogP contribution in [0.2, 0.25) is 0 Å². The predicted octanol–water partition coefficient (Wildman–Crippen LogP) is 3.94. The molecule has 0 heterocycles. The van der Waals surface area contributed by atoms with Crippen LogP contribution < -0.4 is 5.32 Å². The molecule has 0 rings (SSSR count). The summed E-state index contributed by atoms with van der Waals surface area (Å²) in [6.07, 6.45) is 1.27. The van der Waals surface area contributed by atoms with Crippen LogP contribution in [0.4, 0.5) is 0 Å². The van der Waals surface area contributed by atoms with Crippen LogP contribution in [0.3, 0.4) is 0 Å². The van der Waals surface area contributed by atoms with E-state index in [1.54, 1.807) is 0 Å². The average Bonchev–Trinajstić information content (AvgIpc) is 2.22. The molecular formula is C14H31N. The fraction of sp³-hybridized carbons (Fsp3) is 1.00. The standard InChI is InChI=1S/C14H31N/c1-8-11(4)9-15-14(7)13(6)12(5)10(2)3/h10-15H,8-9H2,1-7H3. The first kappa shape index (κ1) is 15.0. The maximum Gasteiger partial charge on any atom is 0.00671 e. The Hall–Kier alpha value is -0.0400. The largest absolute Gasteiger partial charge is 0.314 e. The van der Waals surface area contributed by atoms with Crippen LogP contribution in [0.5, 0.6) is 0 Å². The monoisotopic (exact) mass is 213 g/mol. The molecule has 4 unspecified atom stereocenters. The van der Waals surface area contributed by atoms with Gasteiger partial charge >= 0.3 is 0 Å². The van der Waals surface area contributed by atoms with Crippen molar-refractivity contribution >= 4 is 0 Å². The third-order valence-corrected chi connectivity index (χ3v) is 4.15. The van der Waals surface area contributed by atoms with Crippen molar-refractivity contribution in [2.75, 3.05) is 6.54 Å². The van der Waals surface area contributed by atoms with Crippen molar-refractivity contribution in [3.8, 4) is 0 Å². The van der Waals surface area contributed by atoms with E-state index >= 15 is 0 Å². The summed E-state index contributed by atoms with van der Waals surface area (Å²) in [4.78, 5) is 0. The van der Waals surface area contributed by atoms with Gasteiger partial charge in [0.1, 0.15) is 0 Å². The van der Waals surface area contributed by atoms with Crippen LogP contribution in [0.1, 0.15) is 54.9 Å². The molecule has 0 spiro atoms. The van der Waals surface area contributed by atoms with Gasteiger partial charge in [-0.05, 0) is 37.1 Å². The van der Waals surface area contributed by atoms with Crippen LogP contribution in [-0.4, -0.2) is 12.6 Å². The lowest BCUT2D eigenvalue weighted by atomic mass is 9.82. The second kappa shape index (κ2) is 7.27. The fourth-order valence-electron chi connectivity index (χ4n) is 1.78. The third kappa shape index (κ3) is 5.55. The summed E-state index contributed by atoms with van der Waals surface area (Å²) in [5, 5.41) is 3.67. The Labute approximate surface area is 97.0 Å². The van der Waals surface area contributed by atoms with Crippen molar-refractivity contribution in [3.63, 3.8) is 0 Å². The molecule has 0 aromatic carbocycles. The molecule has 0 aromatic rings. The van der Waals surface area contributed by atoms with Gasteiger partial charge in [-0.15, -0.1) is 0 Å². The normalized spacial score (nSPS) is 20.0. The molecule has 1 N–H and O–H groups in total. The van der Waals surface area contributed by atoms with Gasteiger partial charge in [-0.25, -0.2) is 0 Å². The molecule has 1 heteroatoms. The molecule has 15 heavy (non-hydrogen) atoms. The minimum Gasteiger partial charge on any atom is -0.314 e. The van der Waals surface area contributed by atoms with E-state index in [9.17, 15) is 0 Å². The van der Waals surface area contributed by atoms with Gasteiger partial charge in [-0.1, -0.05) is 48.0 Å². The summed E-state index contributed by atoms with van der Waals surface area (Å²) in [5.41, 5.74) is 0. The predicted molar refractivity (Wildman–Crippen MR) is 70.1 cm³/mol. The Kier molecular flexibility index (Phi) is 7.25. The van der Waals surface area contributed by atoms with Crippen molar-refractivity contribution in [2.24, 2.45) is 23.7 Å². The number of rotatable bonds is 7. The van der Waals surface area contributed by atoms with E-state index in [0.29, 0.717) is 6.04 Å². The number of hydrogen-bond acceptors (Lipinski definition) is 1. The highest BCUT2D eigenvalue weighted by Crippen LogP contribution is 2.22. The van der Waals surface area contributed by atoms with Gasteiger partial charge in [0, 0.05) is 6.04 Å². The summed E-state index contributed by atoms with van der Waals surface area (Å²) in [6.45, 7) is 17.5. The van der Waals surface area contributed by atoms with Crippen LogP contribution in [0.25, 0.3) is 0 Å². The summed E-state index contributed by atoms with van der Waals surface area (Å²) in [6, 6.07) is 0.636. The lowest BCUT2D eigenvalue weighted by molar-refractivity contribution is 0.235. The zero-order chi connectivity index (χ0) is 12.0. The highest BCUT2D eigenvalue weighted by atomic mass is 14.9. The van der Waals surface area contributed by atoms with Crippen LogP contribution in [-0.2, 0) is 0 Å². The summed E-state index contributed by atoms with van der Waals surface area (Å²) >= 11 is 0.